The van der Waals surface area contributed by atoms with Gasteiger partial charge in [0.05, 0.1) is 17.2 Å². The molecule has 1 amide bonds. The Morgan fingerprint density at radius 1 is 1.80 bits per heavy atom. The van der Waals surface area contributed by atoms with Crippen molar-refractivity contribution < 1.29 is 4.79 Å². The lowest BCUT2D eigenvalue weighted by Gasteiger charge is -2.13. The zero-order valence-electron chi connectivity index (χ0n) is 8.56. The second kappa shape index (κ2) is 4.03. The summed E-state index contributed by atoms with van der Waals surface area (Å²) >= 11 is 1.61. The van der Waals surface area contributed by atoms with Gasteiger partial charge in [-0.3, -0.25) is 4.79 Å². The van der Waals surface area contributed by atoms with Crippen LogP contribution in [-0.4, -0.2) is 22.3 Å². The molecule has 1 aliphatic rings. The molecule has 0 bridgehead atoms. The van der Waals surface area contributed by atoms with Gasteiger partial charge in [0.15, 0.2) is 0 Å². The van der Waals surface area contributed by atoms with Crippen LogP contribution in [0.3, 0.4) is 0 Å². The Morgan fingerprint density at radius 3 is 3.13 bits per heavy atom. The maximum absolute atomic E-state index is 11.6. The average molecular weight is 220 g/mol. The van der Waals surface area contributed by atoms with Gasteiger partial charge in [-0.05, 0) is 6.92 Å². The SMILES string of the molecule is C#CC1CC(=O)N(Cc2csc(C)n2)C1. The molecule has 1 atom stereocenters. The third kappa shape index (κ3) is 2.18. The average Bonchev–Trinajstić information content (AvgIpc) is 2.75. The quantitative estimate of drug-likeness (QED) is 0.706. The summed E-state index contributed by atoms with van der Waals surface area (Å²) in [6.07, 6.45) is 5.80. The number of aromatic nitrogens is 1. The molecule has 0 spiro atoms. The summed E-state index contributed by atoms with van der Waals surface area (Å²) in [6.45, 7) is 3.23. The molecular formula is C11H12N2OS. The van der Waals surface area contributed by atoms with E-state index < -0.39 is 0 Å². The minimum absolute atomic E-state index is 0.0808. The molecule has 0 aliphatic carbocycles. The van der Waals surface area contributed by atoms with Gasteiger partial charge < -0.3 is 4.90 Å². The van der Waals surface area contributed by atoms with E-state index in [1.165, 1.54) is 0 Å². The van der Waals surface area contributed by atoms with Gasteiger partial charge in [0, 0.05) is 24.3 Å². The van der Waals surface area contributed by atoms with E-state index >= 15 is 0 Å². The minimum Gasteiger partial charge on any atom is -0.335 e. The molecule has 15 heavy (non-hydrogen) atoms. The Bertz CT molecular complexity index is 418. The Labute approximate surface area is 93.1 Å². The van der Waals surface area contributed by atoms with E-state index in [1.807, 2.05) is 12.3 Å². The zero-order valence-corrected chi connectivity index (χ0v) is 9.38. The number of amides is 1. The first-order valence-corrected chi connectivity index (χ1v) is 5.72. The largest absolute Gasteiger partial charge is 0.335 e. The molecule has 4 heteroatoms. The summed E-state index contributed by atoms with van der Waals surface area (Å²) in [7, 11) is 0. The first-order valence-electron chi connectivity index (χ1n) is 4.84. The fourth-order valence-corrected chi connectivity index (χ4v) is 2.32. The van der Waals surface area contributed by atoms with E-state index in [-0.39, 0.29) is 11.8 Å². The molecule has 1 aromatic heterocycles. The molecule has 2 heterocycles. The van der Waals surface area contributed by atoms with Crippen LogP contribution in [0.15, 0.2) is 5.38 Å². The lowest BCUT2D eigenvalue weighted by Crippen LogP contribution is -2.24. The normalized spacial score (nSPS) is 20.7. The van der Waals surface area contributed by atoms with E-state index in [0.29, 0.717) is 19.5 Å². The van der Waals surface area contributed by atoms with Crippen LogP contribution in [-0.2, 0) is 11.3 Å². The van der Waals surface area contributed by atoms with Crippen molar-refractivity contribution in [3.63, 3.8) is 0 Å². The van der Waals surface area contributed by atoms with Gasteiger partial charge in [-0.25, -0.2) is 4.98 Å². The van der Waals surface area contributed by atoms with E-state index in [2.05, 4.69) is 10.9 Å². The fraction of sp³-hybridized carbons (Fsp3) is 0.455. The molecule has 0 saturated carbocycles. The van der Waals surface area contributed by atoms with Crippen LogP contribution in [0.4, 0.5) is 0 Å². The van der Waals surface area contributed by atoms with Crippen LogP contribution >= 0.6 is 11.3 Å². The maximum atomic E-state index is 11.6. The van der Waals surface area contributed by atoms with Crippen LogP contribution in [0.2, 0.25) is 0 Å². The lowest BCUT2D eigenvalue weighted by atomic mass is 10.1. The molecule has 1 aromatic rings. The summed E-state index contributed by atoms with van der Waals surface area (Å²) in [5.74, 6) is 2.86. The van der Waals surface area contributed by atoms with Gasteiger partial charge in [-0.15, -0.1) is 23.7 Å². The van der Waals surface area contributed by atoms with Crippen LogP contribution in [0.5, 0.6) is 0 Å². The third-order valence-electron chi connectivity index (χ3n) is 2.47. The number of nitrogens with zero attached hydrogens (tertiary/aromatic N) is 2. The summed E-state index contributed by atoms with van der Waals surface area (Å²) in [6, 6.07) is 0. The van der Waals surface area contributed by atoms with Crippen LogP contribution in [0, 0.1) is 25.2 Å². The van der Waals surface area contributed by atoms with Gasteiger partial charge in [-0.1, -0.05) is 0 Å². The van der Waals surface area contributed by atoms with Gasteiger partial charge in [0.1, 0.15) is 0 Å². The summed E-state index contributed by atoms with van der Waals surface area (Å²) in [5, 5.41) is 3.02. The van der Waals surface area contributed by atoms with Crippen molar-refractivity contribution >= 4 is 17.2 Å². The molecule has 1 aliphatic heterocycles. The number of hydrogen-bond donors (Lipinski definition) is 0. The van der Waals surface area contributed by atoms with E-state index in [9.17, 15) is 4.79 Å². The summed E-state index contributed by atoms with van der Waals surface area (Å²) in [5.41, 5.74) is 0.962. The monoisotopic (exact) mass is 220 g/mol. The smallest absolute Gasteiger partial charge is 0.224 e. The molecule has 0 N–H and O–H groups in total. The van der Waals surface area contributed by atoms with Crippen molar-refractivity contribution in [3.05, 3.63) is 16.1 Å². The molecule has 78 valence electrons. The van der Waals surface area contributed by atoms with Crippen LogP contribution in [0.25, 0.3) is 0 Å². The predicted octanol–water partition coefficient (Wildman–Crippen LogP) is 1.43. The van der Waals surface area contributed by atoms with E-state index in [4.69, 9.17) is 6.42 Å². The molecule has 3 nitrogen and oxygen atoms in total. The Morgan fingerprint density at radius 2 is 2.60 bits per heavy atom. The second-order valence-electron chi connectivity index (χ2n) is 3.70. The number of rotatable bonds is 2. The molecule has 1 unspecified atom stereocenters. The van der Waals surface area contributed by atoms with Crippen LogP contribution < -0.4 is 0 Å². The highest BCUT2D eigenvalue weighted by Crippen LogP contribution is 2.19. The second-order valence-corrected chi connectivity index (χ2v) is 4.76. The number of aryl methyl sites for hydroxylation is 1. The highest BCUT2D eigenvalue weighted by molar-refractivity contribution is 7.09. The molecule has 1 saturated heterocycles. The Hall–Kier alpha value is -1.34. The maximum Gasteiger partial charge on any atom is 0.224 e. The first kappa shape index (κ1) is 10.2. The van der Waals surface area contributed by atoms with Crippen LogP contribution in [0.1, 0.15) is 17.1 Å². The molecule has 2 rings (SSSR count). The van der Waals surface area contributed by atoms with Crippen molar-refractivity contribution in [2.24, 2.45) is 5.92 Å². The van der Waals surface area contributed by atoms with Gasteiger partial charge in [0.25, 0.3) is 0 Å². The Balaban J connectivity index is 2.02. The van der Waals surface area contributed by atoms with Crippen molar-refractivity contribution in [3.8, 4) is 12.3 Å². The van der Waals surface area contributed by atoms with Gasteiger partial charge >= 0.3 is 0 Å². The van der Waals surface area contributed by atoms with E-state index in [0.717, 1.165) is 10.7 Å². The zero-order chi connectivity index (χ0) is 10.8. The highest BCUT2D eigenvalue weighted by atomic mass is 32.1. The number of hydrogen-bond acceptors (Lipinski definition) is 3. The fourth-order valence-electron chi connectivity index (χ4n) is 1.71. The van der Waals surface area contributed by atoms with Crippen molar-refractivity contribution in [1.82, 2.24) is 9.88 Å². The Kier molecular flexibility index (Phi) is 2.74. The standard InChI is InChI=1S/C11H12N2OS/c1-3-9-4-11(14)13(5-9)6-10-7-15-8(2)12-10/h1,7,9H,4-6H2,2H3. The number of terminal acetylenes is 1. The molecule has 0 radical (unpaired) electrons. The lowest BCUT2D eigenvalue weighted by molar-refractivity contribution is -0.128. The predicted molar refractivity (Wildman–Crippen MR) is 59.2 cm³/mol. The highest BCUT2D eigenvalue weighted by Gasteiger charge is 2.28. The molecular weight excluding hydrogens is 208 g/mol. The molecule has 1 fully saturated rings. The summed E-state index contributed by atoms with van der Waals surface area (Å²) in [4.78, 5) is 17.7. The number of carbonyl (C=O) groups is 1. The number of thiazole rings is 1. The van der Waals surface area contributed by atoms with Crippen molar-refractivity contribution in [1.29, 1.82) is 0 Å². The van der Waals surface area contributed by atoms with Gasteiger partial charge in [-0.2, -0.15) is 0 Å². The van der Waals surface area contributed by atoms with Crippen molar-refractivity contribution in [2.45, 2.75) is 19.9 Å². The minimum atomic E-state index is 0.0808. The number of likely N-dealkylation sites (tertiary alicyclic amines) is 1. The van der Waals surface area contributed by atoms with E-state index in [1.54, 1.807) is 16.2 Å². The molecule has 0 aromatic carbocycles. The van der Waals surface area contributed by atoms with Crippen molar-refractivity contribution in [2.75, 3.05) is 6.54 Å². The third-order valence-corrected chi connectivity index (χ3v) is 3.29. The van der Waals surface area contributed by atoms with Gasteiger partial charge in [0.2, 0.25) is 5.91 Å². The summed E-state index contributed by atoms with van der Waals surface area (Å²) < 4.78 is 0. The number of carbonyl (C=O) groups excluding carboxylic acids is 1. The first-order chi connectivity index (χ1) is 7.19. The topological polar surface area (TPSA) is 33.2 Å².